The molecule has 3 rings (SSSR count). The molecule has 0 saturated carbocycles. The first-order valence-electron chi connectivity index (χ1n) is 8.44. The molecule has 1 aromatic heterocycles. The lowest BCUT2D eigenvalue weighted by molar-refractivity contribution is -0.118. The van der Waals surface area contributed by atoms with Crippen LogP contribution in [0.15, 0.2) is 58.9 Å². The average Bonchev–Trinajstić information content (AvgIpc) is 3.15. The Bertz CT molecular complexity index is 950. The molecule has 0 spiro atoms. The Hall–Kier alpha value is -2.42. The van der Waals surface area contributed by atoms with Crippen molar-refractivity contribution in [3.63, 3.8) is 0 Å². The molecule has 2 amide bonds. The smallest absolute Gasteiger partial charge is 0.259 e. The van der Waals surface area contributed by atoms with Crippen molar-refractivity contribution in [2.45, 2.75) is 10.8 Å². The summed E-state index contributed by atoms with van der Waals surface area (Å²) in [5.74, 6) is -0.184. The number of carbonyl (C=O) groups excluding carboxylic acids is 2. The number of amides is 2. The van der Waals surface area contributed by atoms with Crippen molar-refractivity contribution < 1.29 is 9.59 Å². The predicted molar refractivity (Wildman–Crippen MR) is 113 cm³/mol. The van der Waals surface area contributed by atoms with Crippen LogP contribution in [0.3, 0.4) is 0 Å². The topological polar surface area (TPSA) is 84.0 Å². The molecule has 0 saturated heterocycles. The van der Waals surface area contributed by atoms with E-state index < -0.39 is 0 Å². The molecule has 0 unspecified atom stereocenters. The number of rotatable bonds is 8. The van der Waals surface area contributed by atoms with Gasteiger partial charge in [0.15, 0.2) is 4.34 Å². The summed E-state index contributed by atoms with van der Waals surface area (Å²) in [6, 6.07) is 16.7. The van der Waals surface area contributed by atoms with Gasteiger partial charge in [0.25, 0.3) is 5.91 Å². The molecule has 1 heterocycles. The molecule has 0 bridgehead atoms. The van der Waals surface area contributed by atoms with Crippen LogP contribution in [-0.4, -0.2) is 34.3 Å². The lowest BCUT2D eigenvalue weighted by atomic mass is 10.1. The van der Waals surface area contributed by atoms with Gasteiger partial charge in [-0.2, -0.15) is 0 Å². The molecule has 6 nitrogen and oxygen atoms in total. The first kappa shape index (κ1) is 20.3. The van der Waals surface area contributed by atoms with Gasteiger partial charge in [-0.05, 0) is 24.1 Å². The Morgan fingerprint density at radius 3 is 2.57 bits per heavy atom. The van der Waals surface area contributed by atoms with Crippen LogP contribution in [0, 0.1) is 0 Å². The maximum Gasteiger partial charge on any atom is 0.259 e. The summed E-state index contributed by atoms with van der Waals surface area (Å²) in [5, 5.41) is 14.2. The Labute approximate surface area is 175 Å². The molecule has 0 aliphatic carbocycles. The highest BCUT2D eigenvalue weighted by Gasteiger charge is 2.13. The van der Waals surface area contributed by atoms with E-state index in [4.69, 9.17) is 11.6 Å². The molecule has 0 atom stereocenters. The number of thioether (sulfide) groups is 1. The van der Waals surface area contributed by atoms with Gasteiger partial charge in [0.2, 0.25) is 11.0 Å². The zero-order valence-electron chi connectivity index (χ0n) is 14.7. The second-order valence-electron chi connectivity index (χ2n) is 5.68. The number of nitrogens with one attached hydrogen (secondary N) is 2. The monoisotopic (exact) mass is 432 g/mol. The molecule has 2 N–H and O–H groups in total. The van der Waals surface area contributed by atoms with E-state index in [0.717, 1.165) is 6.42 Å². The number of benzene rings is 2. The Kier molecular flexibility index (Phi) is 7.41. The molecule has 9 heteroatoms. The second-order valence-corrected chi connectivity index (χ2v) is 8.29. The van der Waals surface area contributed by atoms with Gasteiger partial charge in [0.05, 0.1) is 16.3 Å². The van der Waals surface area contributed by atoms with Crippen LogP contribution in [-0.2, 0) is 11.2 Å². The number of hydrogen-bond acceptors (Lipinski definition) is 6. The van der Waals surface area contributed by atoms with E-state index in [2.05, 4.69) is 20.8 Å². The number of carbonyl (C=O) groups is 2. The molecule has 144 valence electrons. The standard InChI is InChI=1S/C19H17ClN4O2S2/c20-15-9-5-4-8-14(15)17(26)22-18-23-24-19(28-18)27-12-16(25)21-11-10-13-6-2-1-3-7-13/h1-9H,10-12H2,(H,21,25)(H,22,23,26). The molecule has 3 aromatic rings. The third kappa shape index (κ3) is 6.05. The minimum atomic E-state index is -0.350. The number of nitrogens with zero attached hydrogens (tertiary/aromatic N) is 2. The van der Waals surface area contributed by atoms with E-state index in [1.165, 1.54) is 28.7 Å². The van der Waals surface area contributed by atoms with Gasteiger partial charge in [0.1, 0.15) is 0 Å². The van der Waals surface area contributed by atoms with Crippen LogP contribution < -0.4 is 10.6 Å². The fraction of sp³-hybridized carbons (Fsp3) is 0.158. The highest BCUT2D eigenvalue weighted by atomic mass is 35.5. The minimum absolute atomic E-state index is 0.0715. The number of aromatic nitrogens is 2. The third-order valence-corrected chi connectivity index (χ3v) is 5.95. The maximum absolute atomic E-state index is 12.2. The molecule has 0 aliphatic heterocycles. The van der Waals surface area contributed by atoms with Crippen LogP contribution in [0.5, 0.6) is 0 Å². The summed E-state index contributed by atoms with van der Waals surface area (Å²) in [6.07, 6.45) is 0.786. The van der Waals surface area contributed by atoms with Crippen LogP contribution in [0.2, 0.25) is 5.02 Å². The number of halogens is 1. The van der Waals surface area contributed by atoms with Gasteiger partial charge >= 0.3 is 0 Å². The summed E-state index contributed by atoms with van der Waals surface area (Å²) >= 11 is 8.50. The quantitative estimate of drug-likeness (QED) is 0.416. The number of hydrogen-bond donors (Lipinski definition) is 2. The van der Waals surface area contributed by atoms with E-state index >= 15 is 0 Å². The van der Waals surface area contributed by atoms with Gasteiger partial charge in [-0.3, -0.25) is 14.9 Å². The zero-order chi connectivity index (χ0) is 19.8. The predicted octanol–water partition coefficient (Wildman–Crippen LogP) is 3.89. The fourth-order valence-corrected chi connectivity index (χ4v) is 4.10. The van der Waals surface area contributed by atoms with Crippen molar-refractivity contribution >= 4 is 51.6 Å². The van der Waals surface area contributed by atoms with Crippen LogP contribution in [0.1, 0.15) is 15.9 Å². The molecular weight excluding hydrogens is 416 g/mol. The maximum atomic E-state index is 12.2. The molecule has 28 heavy (non-hydrogen) atoms. The SMILES string of the molecule is O=C(CSc1nnc(NC(=O)c2ccccc2Cl)s1)NCCc1ccccc1. The van der Waals surface area contributed by atoms with Crippen molar-refractivity contribution in [3.8, 4) is 0 Å². The van der Waals surface area contributed by atoms with Crippen molar-refractivity contribution in [1.29, 1.82) is 0 Å². The first-order chi connectivity index (χ1) is 13.6. The van der Waals surface area contributed by atoms with Crippen molar-refractivity contribution in [2.75, 3.05) is 17.6 Å². The minimum Gasteiger partial charge on any atom is -0.355 e. The first-order valence-corrected chi connectivity index (χ1v) is 10.6. The normalized spacial score (nSPS) is 10.5. The third-order valence-electron chi connectivity index (χ3n) is 3.65. The van der Waals surface area contributed by atoms with Crippen LogP contribution in [0.25, 0.3) is 0 Å². The molecular formula is C19H17ClN4O2S2. The second kappa shape index (κ2) is 10.2. The van der Waals surface area contributed by atoms with Gasteiger partial charge in [-0.25, -0.2) is 0 Å². The lowest BCUT2D eigenvalue weighted by Crippen LogP contribution is -2.27. The van der Waals surface area contributed by atoms with Crippen molar-refractivity contribution in [2.24, 2.45) is 0 Å². The van der Waals surface area contributed by atoms with Gasteiger partial charge in [-0.15, -0.1) is 10.2 Å². The molecule has 2 aromatic carbocycles. The Morgan fingerprint density at radius 2 is 1.79 bits per heavy atom. The summed E-state index contributed by atoms with van der Waals surface area (Å²) in [4.78, 5) is 24.2. The highest BCUT2D eigenvalue weighted by molar-refractivity contribution is 8.01. The molecule has 0 aliphatic rings. The van der Waals surface area contributed by atoms with E-state index in [1.807, 2.05) is 30.3 Å². The van der Waals surface area contributed by atoms with Crippen molar-refractivity contribution in [1.82, 2.24) is 15.5 Å². The highest BCUT2D eigenvalue weighted by Crippen LogP contribution is 2.26. The summed E-state index contributed by atoms with van der Waals surface area (Å²) < 4.78 is 0.604. The lowest BCUT2D eigenvalue weighted by Gasteiger charge is -2.04. The van der Waals surface area contributed by atoms with Gasteiger partial charge < -0.3 is 5.32 Å². The summed E-state index contributed by atoms with van der Waals surface area (Å²) in [7, 11) is 0. The van der Waals surface area contributed by atoms with Crippen LogP contribution in [0.4, 0.5) is 5.13 Å². The van der Waals surface area contributed by atoms with E-state index in [-0.39, 0.29) is 17.6 Å². The van der Waals surface area contributed by atoms with E-state index in [0.29, 0.717) is 26.6 Å². The van der Waals surface area contributed by atoms with Gasteiger partial charge in [0, 0.05) is 6.54 Å². The Balaban J connectivity index is 1.42. The molecule has 0 fully saturated rings. The Morgan fingerprint density at radius 1 is 1.04 bits per heavy atom. The largest absolute Gasteiger partial charge is 0.355 e. The van der Waals surface area contributed by atoms with Gasteiger partial charge in [-0.1, -0.05) is 77.2 Å². The average molecular weight is 433 g/mol. The summed E-state index contributed by atoms with van der Waals surface area (Å²) in [5.41, 5.74) is 1.55. The summed E-state index contributed by atoms with van der Waals surface area (Å²) in [6.45, 7) is 0.582. The van der Waals surface area contributed by atoms with E-state index in [1.54, 1.807) is 24.3 Å². The molecule has 0 radical (unpaired) electrons. The van der Waals surface area contributed by atoms with Crippen molar-refractivity contribution in [3.05, 3.63) is 70.7 Å². The van der Waals surface area contributed by atoms with E-state index in [9.17, 15) is 9.59 Å². The fourth-order valence-electron chi connectivity index (χ4n) is 2.30. The van der Waals surface area contributed by atoms with Crippen LogP contribution >= 0.6 is 34.7 Å². The zero-order valence-corrected chi connectivity index (χ0v) is 17.1. The number of anilines is 1.